The zero-order valence-corrected chi connectivity index (χ0v) is 27.6. The van der Waals surface area contributed by atoms with Gasteiger partial charge in [-0.3, -0.25) is 9.59 Å². The third-order valence-electron chi connectivity index (χ3n) is 8.69. The van der Waals surface area contributed by atoms with Crippen LogP contribution >= 0.6 is 11.6 Å². The number of hydrogen-bond donors (Lipinski definition) is 4. The van der Waals surface area contributed by atoms with Crippen molar-refractivity contribution in [3.63, 3.8) is 0 Å². The molecule has 2 aliphatic heterocycles. The molecule has 48 heavy (non-hydrogen) atoms. The molecule has 0 radical (unpaired) electrons. The van der Waals surface area contributed by atoms with Crippen LogP contribution in [0.15, 0.2) is 60.7 Å². The lowest BCUT2D eigenvalue weighted by molar-refractivity contribution is -0.120. The van der Waals surface area contributed by atoms with Crippen LogP contribution in [-0.2, 0) is 22.7 Å². The Morgan fingerprint density at radius 2 is 1.21 bits per heavy atom. The Kier molecular flexibility index (Phi) is 10.5. The van der Waals surface area contributed by atoms with Crippen molar-refractivity contribution in [3.8, 4) is 45.4 Å². The predicted octanol–water partition coefficient (Wildman–Crippen LogP) is 5.02. The van der Waals surface area contributed by atoms with Crippen molar-refractivity contribution in [1.29, 1.82) is 0 Å². The van der Waals surface area contributed by atoms with Crippen molar-refractivity contribution in [2.75, 3.05) is 27.3 Å². The number of carbonyl (C=O) groups excluding carboxylic acids is 2. The molecule has 4 aromatic rings. The lowest BCUT2D eigenvalue weighted by Gasteiger charge is -2.16. The van der Waals surface area contributed by atoms with Gasteiger partial charge in [-0.05, 0) is 31.0 Å². The number of carbonyl (C=O) groups is 2. The number of halogens is 2. The van der Waals surface area contributed by atoms with Crippen LogP contribution in [0.3, 0.4) is 0 Å². The molecule has 4 N–H and O–H groups in total. The Balaban J connectivity index is 1.20. The zero-order valence-electron chi connectivity index (χ0n) is 26.9. The van der Waals surface area contributed by atoms with Crippen molar-refractivity contribution < 1.29 is 23.5 Å². The number of nitrogens with zero attached hydrogens (tertiary/aromatic N) is 2. The first-order chi connectivity index (χ1) is 23.3. The second-order valence-corrected chi connectivity index (χ2v) is 12.3. The van der Waals surface area contributed by atoms with Crippen LogP contribution in [-0.4, -0.2) is 61.2 Å². The van der Waals surface area contributed by atoms with Gasteiger partial charge in [0.1, 0.15) is 5.82 Å². The summed E-state index contributed by atoms with van der Waals surface area (Å²) in [5.41, 5.74) is 4.51. The van der Waals surface area contributed by atoms with Crippen molar-refractivity contribution in [2.45, 2.75) is 50.9 Å². The van der Waals surface area contributed by atoms with E-state index in [0.717, 1.165) is 24.0 Å². The zero-order chi connectivity index (χ0) is 33.6. The molecule has 0 bridgehead atoms. The topological polar surface area (TPSA) is 126 Å². The number of hydrogen-bond acceptors (Lipinski definition) is 8. The number of methoxy groups -OCH3 is 2. The van der Waals surface area contributed by atoms with Crippen LogP contribution in [0.2, 0.25) is 5.02 Å². The van der Waals surface area contributed by atoms with Crippen molar-refractivity contribution in [2.24, 2.45) is 0 Å². The summed E-state index contributed by atoms with van der Waals surface area (Å²) in [7, 11) is 3.10. The van der Waals surface area contributed by atoms with Crippen LogP contribution in [0.25, 0.3) is 33.6 Å². The second kappa shape index (κ2) is 15.1. The van der Waals surface area contributed by atoms with Gasteiger partial charge in [0.2, 0.25) is 23.6 Å². The Labute approximate surface area is 283 Å². The molecule has 2 fully saturated rings. The van der Waals surface area contributed by atoms with Gasteiger partial charge in [-0.1, -0.05) is 54.1 Å². The highest BCUT2D eigenvalue weighted by molar-refractivity contribution is 6.36. The Bertz CT molecular complexity index is 1690. The molecule has 2 atom stereocenters. The normalized spacial score (nSPS) is 17.3. The molecule has 6 rings (SSSR count). The van der Waals surface area contributed by atoms with E-state index in [2.05, 4.69) is 26.3 Å². The molecule has 2 saturated heterocycles. The van der Waals surface area contributed by atoms with E-state index in [1.807, 2.05) is 30.3 Å². The highest BCUT2D eigenvalue weighted by Crippen LogP contribution is 2.39. The summed E-state index contributed by atoms with van der Waals surface area (Å²) in [5, 5.41) is 13.0. The lowest BCUT2D eigenvalue weighted by Crippen LogP contribution is -2.35. The first kappa shape index (κ1) is 33.3. The van der Waals surface area contributed by atoms with Crippen LogP contribution in [0.5, 0.6) is 11.8 Å². The lowest BCUT2D eigenvalue weighted by atomic mass is 9.97. The van der Waals surface area contributed by atoms with E-state index in [1.165, 1.54) is 7.11 Å². The van der Waals surface area contributed by atoms with Crippen molar-refractivity contribution in [3.05, 3.63) is 82.6 Å². The van der Waals surface area contributed by atoms with E-state index in [-0.39, 0.29) is 23.9 Å². The summed E-state index contributed by atoms with van der Waals surface area (Å²) < 4.78 is 27.4. The summed E-state index contributed by atoms with van der Waals surface area (Å²) in [6.07, 6.45) is 2.73. The van der Waals surface area contributed by atoms with Gasteiger partial charge in [-0.15, -0.1) is 0 Å². The van der Waals surface area contributed by atoms with E-state index in [9.17, 15) is 9.59 Å². The van der Waals surface area contributed by atoms with Gasteiger partial charge >= 0.3 is 0 Å². The molecule has 2 amide bonds. The average molecular weight is 673 g/mol. The van der Waals surface area contributed by atoms with Gasteiger partial charge in [-0.25, -0.2) is 14.4 Å². The molecule has 2 aromatic carbocycles. The minimum absolute atomic E-state index is 0.0752. The van der Waals surface area contributed by atoms with Gasteiger partial charge < -0.3 is 30.7 Å². The predicted molar refractivity (Wildman–Crippen MR) is 182 cm³/mol. The minimum atomic E-state index is -0.459. The summed E-state index contributed by atoms with van der Waals surface area (Å²) in [5.74, 6) is 0.545. The van der Waals surface area contributed by atoms with Gasteiger partial charge in [0.05, 0.1) is 30.6 Å². The number of benzene rings is 2. The summed E-state index contributed by atoms with van der Waals surface area (Å²) in [4.78, 5) is 32.3. The van der Waals surface area contributed by atoms with E-state index in [4.69, 9.17) is 26.1 Å². The molecule has 2 aliphatic rings. The largest absolute Gasteiger partial charge is 0.481 e. The van der Waals surface area contributed by atoms with Crippen LogP contribution in [0.1, 0.15) is 36.8 Å². The average Bonchev–Trinajstić information content (AvgIpc) is 3.72. The number of ether oxygens (including phenoxy) is 2. The fourth-order valence-corrected chi connectivity index (χ4v) is 6.48. The van der Waals surface area contributed by atoms with Crippen LogP contribution in [0.4, 0.5) is 4.39 Å². The molecule has 12 heteroatoms. The number of pyridine rings is 2. The van der Waals surface area contributed by atoms with Gasteiger partial charge in [0.25, 0.3) is 0 Å². The third-order valence-corrected chi connectivity index (χ3v) is 9.09. The smallest absolute Gasteiger partial charge is 0.220 e. The molecule has 0 saturated carbocycles. The SMILES string of the molecule is COc1nc(-c2cccc(-c3cccc(-c4ccc(CNC[C@@H]5CCC(=O)N5)c(OC)n4)c3Cl)c2F)ccc1CNC[C@@H]1CCC(=O)N1. The Hall–Kier alpha value is -4.58. The molecule has 0 unspecified atom stereocenters. The summed E-state index contributed by atoms with van der Waals surface area (Å²) in [6, 6.07) is 18.2. The van der Waals surface area contributed by atoms with Gasteiger partial charge in [0.15, 0.2) is 0 Å². The number of nitrogens with one attached hydrogen (secondary N) is 4. The molecule has 4 heterocycles. The van der Waals surface area contributed by atoms with E-state index >= 15 is 4.39 Å². The molecular formula is C36H38ClFN6O4. The minimum Gasteiger partial charge on any atom is -0.481 e. The fraction of sp³-hybridized carbons (Fsp3) is 0.333. The monoisotopic (exact) mass is 672 g/mol. The van der Waals surface area contributed by atoms with Crippen molar-refractivity contribution in [1.82, 2.24) is 31.2 Å². The molecule has 10 nitrogen and oxygen atoms in total. The maximum absolute atomic E-state index is 16.3. The van der Waals surface area contributed by atoms with Crippen LogP contribution in [0, 0.1) is 5.82 Å². The van der Waals surface area contributed by atoms with E-state index in [0.29, 0.717) is 89.4 Å². The maximum atomic E-state index is 16.3. The van der Waals surface area contributed by atoms with Crippen molar-refractivity contribution >= 4 is 23.4 Å². The van der Waals surface area contributed by atoms with Gasteiger partial charge in [0, 0.05) is 84.5 Å². The Morgan fingerprint density at radius 1 is 0.729 bits per heavy atom. The standard InChI is InChI=1S/C36H38ClFN6O4/c1-47-35-21(17-39-19-23-11-15-31(45)41-23)9-13-29(43-35)27-7-3-5-25(33(27)37)26-6-4-8-28(34(26)38)30-14-10-22(36(44-30)48-2)18-40-20-24-12-16-32(46)42-24/h3-10,13-14,23-24,39-40H,11-12,15-20H2,1-2H3,(H,41,45)(H,42,46)/t23-,24-/m0/s1. The first-order valence-electron chi connectivity index (χ1n) is 16.0. The molecule has 0 aliphatic carbocycles. The molecule has 2 aromatic heterocycles. The number of amides is 2. The summed E-state index contributed by atoms with van der Waals surface area (Å²) >= 11 is 6.96. The van der Waals surface area contributed by atoms with Gasteiger partial charge in [-0.2, -0.15) is 0 Å². The molecule has 250 valence electrons. The molecular weight excluding hydrogens is 635 g/mol. The number of rotatable bonds is 13. The van der Waals surface area contributed by atoms with Crippen LogP contribution < -0.4 is 30.7 Å². The number of aromatic nitrogens is 2. The molecule has 0 spiro atoms. The first-order valence-corrected chi connectivity index (χ1v) is 16.4. The summed E-state index contributed by atoms with van der Waals surface area (Å²) in [6.45, 7) is 2.30. The third kappa shape index (κ3) is 7.43. The maximum Gasteiger partial charge on any atom is 0.220 e. The van der Waals surface area contributed by atoms with E-state index < -0.39 is 5.82 Å². The fourth-order valence-electron chi connectivity index (χ4n) is 6.16. The van der Waals surface area contributed by atoms with E-state index in [1.54, 1.807) is 37.4 Å². The highest BCUT2D eigenvalue weighted by Gasteiger charge is 2.22. The quantitative estimate of drug-likeness (QED) is 0.156. The highest BCUT2D eigenvalue weighted by atomic mass is 35.5. The second-order valence-electron chi connectivity index (χ2n) is 11.9. The Morgan fingerprint density at radius 3 is 1.71 bits per heavy atom.